The molecule has 1 aliphatic rings. The molecule has 0 spiro atoms. The molecule has 1 amide bonds. The summed E-state index contributed by atoms with van der Waals surface area (Å²) >= 11 is 0. The van der Waals surface area contributed by atoms with Gasteiger partial charge in [-0.3, -0.25) is 14.5 Å². The minimum atomic E-state index is -0.766. The van der Waals surface area contributed by atoms with Crippen LogP contribution in [0.1, 0.15) is 33.1 Å². The standard InChI is InChI=1S/C15H25N3O3/c1-12(2)10-17(7-3-6-16)11-14(19)18-8-4-13(5-9-18)15(20)21/h12-13H,3-5,7-11H2,1-2H3,(H,20,21). The molecule has 0 aromatic heterocycles. The van der Waals surface area contributed by atoms with E-state index in [9.17, 15) is 9.59 Å². The van der Waals surface area contributed by atoms with Gasteiger partial charge in [0.1, 0.15) is 0 Å². The third kappa shape index (κ3) is 6.13. The molecule has 1 rings (SSSR count). The summed E-state index contributed by atoms with van der Waals surface area (Å²) in [7, 11) is 0. The summed E-state index contributed by atoms with van der Waals surface area (Å²) in [5.41, 5.74) is 0. The monoisotopic (exact) mass is 295 g/mol. The third-order valence-corrected chi connectivity index (χ3v) is 3.72. The molecule has 0 unspecified atom stereocenters. The van der Waals surface area contributed by atoms with E-state index in [1.165, 1.54) is 0 Å². The highest BCUT2D eigenvalue weighted by Crippen LogP contribution is 2.17. The number of hydrogen-bond donors (Lipinski definition) is 1. The Morgan fingerprint density at radius 2 is 2.00 bits per heavy atom. The lowest BCUT2D eigenvalue weighted by molar-refractivity contribution is -0.146. The average molecular weight is 295 g/mol. The molecule has 0 aromatic rings. The summed E-state index contributed by atoms with van der Waals surface area (Å²) in [5.74, 6) is -0.608. The fraction of sp³-hybridized carbons (Fsp3) is 0.800. The van der Waals surface area contributed by atoms with Crippen LogP contribution in [0, 0.1) is 23.2 Å². The van der Waals surface area contributed by atoms with Crippen molar-refractivity contribution in [1.29, 1.82) is 5.26 Å². The van der Waals surface area contributed by atoms with Crippen LogP contribution in [0.15, 0.2) is 0 Å². The maximum Gasteiger partial charge on any atom is 0.306 e. The molecule has 1 aliphatic heterocycles. The fourth-order valence-electron chi connectivity index (χ4n) is 2.63. The molecule has 6 nitrogen and oxygen atoms in total. The van der Waals surface area contributed by atoms with E-state index in [4.69, 9.17) is 10.4 Å². The van der Waals surface area contributed by atoms with E-state index in [1.54, 1.807) is 4.90 Å². The van der Waals surface area contributed by atoms with Gasteiger partial charge in [0.05, 0.1) is 18.5 Å². The first kappa shape index (κ1) is 17.4. The van der Waals surface area contributed by atoms with E-state index >= 15 is 0 Å². The number of aliphatic carboxylic acids is 1. The molecule has 0 aliphatic carbocycles. The Bertz CT molecular complexity index is 395. The molecule has 21 heavy (non-hydrogen) atoms. The molecule has 1 N–H and O–H groups in total. The predicted molar refractivity (Wildman–Crippen MR) is 78.4 cm³/mol. The number of piperidine rings is 1. The van der Waals surface area contributed by atoms with Crippen LogP contribution in [-0.4, -0.2) is 59.5 Å². The molecular weight excluding hydrogens is 270 g/mol. The van der Waals surface area contributed by atoms with Gasteiger partial charge in [-0.15, -0.1) is 0 Å². The van der Waals surface area contributed by atoms with Crippen molar-refractivity contribution < 1.29 is 14.7 Å². The predicted octanol–water partition coefficient (Wildman–Crippen LogP) is 1.18. The molecular formula is C15H25N3O3. The average Bonchev–Trinajstić information content (AvgIpc) is 2.44. The van der Waals surface area contributed by atoms with Gasteiger partial charge in [0.2, 0.25) is 5.91 Å². The lowest BCUT2D eigenvalue weighted by Crippen LogP contribution is -2.46. The second kappa shape index (κ2) is 8.63. The van der Waals surface area contributed by atoms with Gasteiger partial charge < -0.3 is 10.0 Å². The molecule has 0 atom stereocenters. The molecule has 1 fully saturated rings. The van der Waals surface area contributed by atoms with Gasteiger partial charge in [0.25, 0.3) is 0 Å². The number of nitrogens with zero attached hydrogens (tertiary/aromatic N) is 3. The summed E-state index contributed by atoms with van der Waals surface area (Å²) in [6.07, 6.45) is 1.48. The van der Waals surface area contributed by atoms with Crippen molar-refractivity contribution in [3.05, 3.63) is 0 Å². The van der Waals surface area contributed by atoms with Crippen LogP contribution in [-0.2, 0) is 9.59 Å². The van der Waals surface area contributed by atoms with Crippen LogP contribution in [0.4, 0.5) is 0 Å². The zero-order valence-corrected chi connectivity index (χ0v) is 12.9. The Morgan fingerprint density at radius 1 is 1.38 bits per heavy atom. The number of amides is 1. The van der Waals surface area contributed by atoms with Gasteiger partial charge in [0.15, 0.2) is 0 Å². The highest BCUT2D eigenvalue weighted by molar-refractivity contribution is 5.79. The van der Waals surface area contributed by atoms with Crippen molar-refractivity contribution in [3.63, 3.8) is 0 Å². The minimum Gasteiger partial charge on any atom is -0.481 e. The summed E-state index contributed by atoms with van der Waals surface area (Å²) in [4.78, 5) is 27.0. The van der Waals surface area contributed by atoms with Crippen LogP contribution in [0.5, 0.6) is 0 Å². The first-order valence-electron chi connectivity index (χ1n) is 7.54. The zero-order valence-electron chi connectivity index (χ0n) is 12.9. The van der Waals surface area contributed by atoms with E-state index < -0.39 is 5.97 Å². The highest BCUT2D eigenvalue weighted by Gasteiger charge is 2.27. The Morgan fingerprint density at radius 3 is 2.48 bits per heavy atom. The zero-order chi connectivity index (χ0) is 15.8. The van der Waals surface area contributed by atoms with Crippen LogP contribution in [0.3, 0.4) is 0 Å². The van der Waals surface area contributed by atoms with Gasteiger partial charge in [0, 0.05) is 32.6 Å². The Labute approximate surface area is 126 Å². The number of likely N-dealkylation sites (tertiary alicyclic amines) is 1. The van der Waals surface area contributed by atoms with E-state index in [1.807, 2.05) is 4.90 Å². The second-order valence-electron chi connectivity index (χ2n) is 6.03. The summed E-state index contributed by atoms with van der Waals surface area (Å²) < 4.78 is 0. The number of carboxylic acid groups (broad SMARTS) is 1. The van der Waals surface area contributed by atoms with Gasteiger partial charge in [-0.05, 0) is 18.8 Å². The van der Waals surface area contributed by atoms with E-state index in [0.29, 0.717) is 51.4 Å². The van der Waals surface area contributed by atoms with E-state index in [0.717, 1.165) is 6.54 Å². The van der Waals surface area contributed by atoms with E-state index in [-0.39, 0.29) is 11.8 Å². The Hall–Kier alpha value is -1.61. The molecule has 118 valence electrons. The fourth-order valence-corrected chi connectivity index (χ4v) is 2.63. The smallest absolute Gasteiger partial charge is 0.306 e. The van der Waals surface area contributed by atoms with Crippen molar-refractivity contribution in [3.8, 4) is 6.07 Å². The topological polar surface area (TPSA) is 84.6 Å². The maximum atomic E-state index is 12.3. The van der Waals surface area contributed by atoms with Crippen molar-refractivity contribution in [2.45, 2.75) is 33.1 Å². The first-order chi connectivity index (χ1) is 9.93. The number of hydrogen-bond acceptors (Lipinski definition) is 4. The molecule has 6 heteroatoms. The van der Waals surface area contributed by atoms with E-state index in [2.05, 4.69) is 19.9 Å². The van der Waals surface area contributed by atoms with Gasteiger partial charge in [-0.25, -0.2) is 0 Å². The van der Waals surface area contributed by atoms with Crippen molar-refractivity contribution in [1.82, 2.24) is 9.80 Å². The first-order valence-corrected chi connectivity index (χ1v) is 7.54. The van der Waals surface area contributed by atoms with Crippen LogP contribution in [0.25, 0.3) is 0 Å². The molecule has 0 bridgehead atoms. The Balaban J connectivity index is 2.46. The van der Waals surface area contributed by atoms with Gasteiger partial charge >= 0.3 is 5.97 Å². The molecule has 0 radical (unpaired) electrons. The number of nitriles is 1. The van der Waals surface area contributed by atoms with Crippen molar-refractivity contribution in [2.24, 2.45) is 11.8 Å². The summed E-state index contributed by atoms with van der Waals surface area (Å²) in [6.45, 7) is 6.92. The van der Waals surface area contributed by atoms with Crippen molar-refractivity contribution in [2.75, 3.05) is 32.7 Å². The minimum absolute atomic E-state index is 0.0393. The van der Waals surface area contributed by atoms with Crippen LogP contribution < -0.4 is 0 Å². The third-order valence-electron chi connectivity index (χ3n) is 3.72. The summed E-state index contributed by atoms with van der Waals surface area (Å²) in [5, 5.41) is 17.6. The Kier molecular flexibility index (Phi) is 7.17. The lowest BCUT2D eigenvalue weighted by Gasteiger charge is -2.32. The number of carboxylic acids is 1. The number of carbonyl (C=O) groups excluding carboxylic acids is 1. The number of rotatable bonds is 7. The van der Waals surface area contributed by atoms with Gasteiger partial charge in [-0.2, -0.15) is 5.26 Å². The van der Waals surface area contributed by atoms with Gasteiger partial charge in [-0.1, -0.05) is 13.8 Å². The molecule has 1 saturated heterocycles. The number of carbonyl (C=O) groups is 2. The second-order valence-corrected chi connectivity index (χ2v) is 6.03. The molecule has 0 aromatic carbocycles. The van der Waals surface area contributed by atoms with Crippen LogP contribution in [0.2, 0.25) is 0 Å². The molecule has 0 saturated carbocycles. The highest BCUT2D eigenvalue weighted by atomic mass is 16.4. The maximum absolute atomic E-state index is 12.3. The lowest BCUT2D eigenvalue weighted by atomic mass is 9.97. The van der Waals surface area contributed by atoms with Crippen molar-refractivity contribution >= 4 is 11.9 Å². The van der Waals surface area contributed by atoms with Crippen LogP contribution >= 0.6 is 0 Å². The normalized spacial score (nSPS) is 16.2. The molecule has 1 heterocycles. The largest absolute Gasteiger partial charge is 0.481 e. The quantitative estimate of drug-likeness (QED) is 0.762. The summed E-state index contributed by atoms with van der Waals surface area (Å²) in [6, 6.07) is 2.11. The SMILES string of the molecule is CC(C)CN(CCC#N)CC(=O)N1CCC(C(=O)O)CC1.